The molecule has 10 heteroatoms. The second-order valence-electron chi connectivity index (χ2n) is 8.46. The number of likely N-dealkylation sites (tertiary alicyclic amines) is 1. The van der Waals surface area contributed by atoms with Crippen LogP contribution in [-0.4, -0.2) is 49.4 Å². The lowest BCUT2D eigenvalue weighted by molar-refractivity contribution is -0.137. The van der Waals surface area contributed by atoms with Crippen LogP contribution in [0.3, 0.4) is 0 Å². The highest BCUT2D eigenvalue weighted by molar-refractivity contribution is 5.98. The maximum absolute atomic E-state index is 13.6. The van der Waals surface area contributed by atoms with Crippen LogP contribution in [0.15, 0.2) is 48.9 Å². The smallest absolute Gasteiger partial charge is 0.365 e. The highest BCUT2D eigenvalue weighted by Gasteiger charge is 2.47. The first-order valence-electron chi connectivity index (χ1n) is 10.7. The van der Waals surface area contributed by atoms with Crippen molar-refractivity contribution >= 4 is 11.7 Å². The van der Waals surface area contributed by atoms with E-state index in [4.69, 9.17) is 0 Å². The summed E-state index contributed by atoms with van der Waals surface area (Å²) in [5.74, 6) is 0.911. The van der Waals surface area contributed by atoms with E-state index < -0.39 is 11.7 Å². The van der Waals surface area contributed by atoms with E-state index >= 15 is 0 Å². The second kappa shape index (κ2) is 8.09. The van der Waals surface area contributed by atoms with E-state index in [-0.39, 0.29) is 18.0 Å². The van der Waals surface area contributed by atoms with Gasteiger partial charge in [0.25, 0.3) is 5.91 Å². The third-order valence-electron chi connectivity index (χ3n) is 6.21. The molecule has 5 rings (SSSR count). The fourth-order valence-electron chi connectivity index (χ4n) is 4.73. The number of pyridine rings is 2. The summed E-state index contributed by atoms with van der Waals surface area (Å²) in [7, 11) is 0. The summed E-state index contributed by atoms with van der Waals surface area (Å²) in [4.78, 5) is 32.4. The summed E-state index contributed by atoms with van der Waals surface area (Å²) in [5, 5.41) is 3.23. The number of nitrogens with one attached hydrogen (secondary N) is 1. The van der Waals surface area contributed by atoms with Crippen molar-refractivity contribution in [3.8, 4) is 11.4 Å². The molecule has 1 amide bonds. The van der Waals surface area contributed by atoms with Crippen LogP contribution in [0.25, 0.3) is 11.4 Å². The van der Waals surface area contributed by atoms with E-state index in [2.05, 4.69) is 25.3 Å². The van der Waals surface area contributed by atoms with Crippen molar-refractivity contribution in [1.29, 1.82) is 0 Å². The minimum Gasteiger partial charge on any atom is -0.365 e. The lowest BCUT2D eigenvalue weighted by Crippen LogP contribution is -2.48. The standard InChI is InChI=1S/C23H21F3N6O/c1-13-3-5-16(21-27-7-2-8-28-21)20(30-13)22(33)32-12-14-9-17(18(32)10-14)31-19-6-4-15(11-29-19)23(24,25)26/h2-8,11,14,17-18H,9-10,12H2,1H3,(H,29,31)/t14-,17+,18-/m0/s1. The summed E-state index contributed by atoms with van der Waals surface area (Å²) in [5.41, 5.74) is 0.799. The summed E-state index contributed by atoms with van der Waals surface area (Å²) in [6.07, 6.45) is 1.28. The van der Waals surface area contributed by atoms with E-state index in [1.165, 1.54) is 6.07 Å². The van der Waals surface area contributed by atoms with Crippen LogP contribution in [0.4, 0.5) is 19.0 Å². The zero-order chi connectivity index (χ0) is 23.2. The normalized spacial score (nSPS) is 21.9. The molecule has 3 aromatic heterocycles. The SMILES string of the molecule is Cc1ccc(-c2ncccn2)c(C(=O)N2C[C@H]3C[C@@H](Nc4ccc(C(F)(F)F)cn4)[C@@H]2C3)n1. The Kier molecular flexibility index (Phi) is 5.22. The van der Waals surface area contributed by atoms with Crippen molar-refractivity contribution in [2.75, 3.05) is 11.9 Å². The number of aromatic nitrogens is 4. The fraction of sp³-hybridized carbons (Fsp3) is 0.348. The Bertz CT molecular complexity index is 1170. The highest BCUT2D eigenvalue weighted by Crippen LogP contribution is 2.40. The Morgan fingerprint density at radius 3 is 2.55 bits per heavy atom. The Morgan fingerprint density at radius 2 is 1.88 bits per heavy atom. The zero-order valence-corrected chi connectivity index (χ0v) is 17.8. The number of alkyl halides is 3. The van der Waals surface area contributed by atoms with Gasteiger partial charge in [0.05, 0.1) is 17.2 Å². The van der Waals surface area contributed by atoms with E-state index in [1.807, 2.05) is 17.9 Å². The van der Waals surface area contributed by atoms with Gasteiger partial charge in [0.15, 0.2) is 5.82 Å². The maximum Gasteiger partial charge on any atom is 0.417 e. The molecular weight excluding hydrogens is 433 g/mol. The van der Waals surface area contributed by atoms with Gasteiger partial charge in [0, 0.05) is 36.9 Å². The number of halogens is 3. The van der Waals surface area contributed by atoms with Crippen molar-refractivity contribution in [2.24, 2.45) is 5.92 Å². The lowest BCUT2D eigenvalue weighted by Gasteiger charge is -2.34. The first kappa shape index (κ1) is 21.3. The fourth-order valence-corrected chi connectivity index (χ4v) is 4.73. The molecule has 1 saturated heterocycles. The summed E-state index contributed by atoms with van der Waals surface area (Å²) < 4.78 is 38.4. The molecule has 4 heterocycles. The van der Waals surface area contributed by atoms with E-state index in [0.29, 0.717) is 41.1 Å². The molecule has 2 bridgehead atoms. The number of amides is 1. The van der Waals surface area contributed by atoms with Gasteiger partial charge in [-0.15, -0.1) is 0 Å². The Hall–Kier alpha value is -3.56. The quantitative estimate of drug-likeness (QED) is 0.642. The lowest BCUT2D eigenvalue weighted by atomic mass is 10.0. The first-order valence-corrected chi connectivity index (χ1v) is 10.7. The van der Waals surface area contributed by atoms with Crippen molar-refractivity contribution in [2.45, 2.75) is 38.0 Å². The third kappa shape index (κ3) is 4.12. The molecule has 0 spiro atoms. The van der Waals surface area contributed by atoms with Crippen molar-refractivity contribution in [3.05, 3.63) is 65.9 Å². The van der Waals surface area contributed by atoms with Gasteiger partial charge in [-0.2, -0.15) is 13.2 Å². The molecule has 2 aliphatic rings. The molecule has 2 fully saturated rings. The van der Waals surface area contributed by atoms with Crippen LogP contribution in [0.1, 0.15) is 34.6 Å². The van der Waals surface area contributed by atoms with Gasteiger partial charge in [-0.3, -0.25) is 4.79 Å². The van der Waals surface area contributed by atoms with Gasteiger partial charge in [-0.1, -0.05) is 0 Å². The number of anilines is 1. The Labute approximate surface area is 188 Å². The third-order valence-corrected chi connectivity index (χ3v) is 6.21. The number of aryl methyl sites for hydroxylation is 1. The minimum atomic E-state index is -4.43. The monoisotopic (exact) mass is 454 g/mol. The minimum absolute atomic E-state index is 0.0987. The number of carbonyl (C=O) groups excluding carboxylic acids is 1. The number of hydrogen-bond donors (Lipinski definition) is 1. The topological polar surface area (TPSA) is 83.9 Å². The predicted octanol–water partition coefficient (Wildman–Crippen LogP) is 3.98. The molecule has 170 valence electrons. The van der Waals surface area contributed by atoms with Gasteiger partial charge in [-0.05, 0) is 56.0 Å². The number of piperidine rings is 1. The van der Waals surface area contributed by atoms with Crippen LogP contribution in [-0.2, 0) is 6.18 Å². The molecular formula is C23H21F3N6O. The summed E-state index contributed by atoms with van der Waals surface area (Å²) >= 11 is 0. The molecule has 3 atom stereocenters. The first-order chi connectivity index (χ1) is 15.8. The predicted molar refractivity (Wildman–Crippen MR) is 114 cm³/mol. The molecule has 0 unspecified atom stereocenters. The van der Waals surface area contributed by atoms with Crippen LogP contribution >= 0.6 is 0 Å². The van der Waals surface area contributed by atoms with Crippen molar-refractivity contribution in [3.63, 3.8) is 0 Å². The van der Waals surface area contributed by atoms with Gasteiger partial charge in [-0.25, -0.2) is 19.9 Å². The number of hydrogen-bond acceptors (Lipinski definition) is 6. The summed E-state index contributed by atoms with van der Waals surface area (Å²) in [6.45, 7) is 2.44. The second-order valence-corrected chi connectivity index (χ2v) is 8.46. The Balaban J connectivity index is 1.37. The molecule has 1 aliphatic carbocycles. The number of fused-ring (bicyclic) bond motifs is 2. The number of carbonyl (C=O) groups is 1. The van der Waals surface area contributed by atoms with Gasteiger partial charge < -0.3 is 10.2 Å². The van der Waals surface area contributed by atoms with Crippen molar-refractivity contribution in [1.82, 2.24) is 24.8 Å². The highest BCUT2D eigenvalue weighted by atomic mass is 19.4. The van der Waals surface area contributed by atoms with Crippen LogP contribution in [0.5, 0.6) is 0 Å². The molecule has 1 saturated carbocycles. The molecule has 0 aromatic carbocycles. The number of rotatable bonds is 4. The zero-order valence-electron chi connectivity index (χ0n) is 17.8. The molecule has 3 aromatic rings. The molecule has 1 aliphatic heterocycles. The average molecular weight is 454 g/mol. The van der Waals surface area contributed by atoms with Gasteiger partial charge >= 0.3 is 6.18 Å². The van der Waals surface area contributed by atoms with Crippen LogP contribution in [0, 0.1) is 12.8 Å². The molecule has 0 radical (unpaired) electrons. The molecule has 7 nitrogen and oxygen atoms in total. The van der Waals surface area contributed by atoms with Crippen LogP contribution < -0.4 is 5.32 Å². The van der Waals surface area contributed by atoms with Gasteiger partial charge in [0.1, 0.15) is 11.5 Å². The largest absolute Gasteiger partial charge is 0.417 e. The Morgan fingerprint density at radius 1 is 1.09 bits per heavy atom. The average Bonchev–Trinajstić information content (AvgIpc) is 3.39. The van der Waals surface area contributed by atoms with E-state index in [0.717, 1.165) is 25.1 Å². The van der Waals surface area contributed by atoms with Crippen molar-refractivity contribution < 1.29 is 18.0 Å². The molecule has 1 N–H and O–H groups in total. The number of nitrogens with zero attached hydrogens (tertiary/aromatic N) is 5. The maximum atomic E-state index is 13.6. The van der Waals surface area contributed by atoms with E-state index in [9.17, 15) is 18.0 Å². The van der Waals surface area contributed by atoms with Crippen LogP contribution in [0.2, 0.25) is 0 Å². The molecule has 33 heavy (non-hydrogen) atoms. The van der Waals surface area contributed by atoms with Gasteiger partial charge in [0.2, 0.25) is 0 Å². The summed E-state index contributed by atoms with van der Waals surface area (Å²) in [6, 6.07) is 7.47. The van der Waals surface area contributed by atoms with E-state index in [1.54, 1.807) is 24.5 Å².